The molecule has 0 aliphatic rings. The molecule has 21 heavy (non-hydrogen) atoms. The van der Waals surface area contributed by atoms with Crippen molar-refractivity contribution < 1.29 is 14.2 Å². The molecule has 0 saturated heterocycles. The van der Waals surface area contributed by atoms with Crippen LogP contribution in [0.1, 0.15) is 34.3 Å². The zero-order valence-electron chi connectivity index (χ0n) is 12.0. The number of nitro groups is 1. The molecule has 0 radical (unpaired) electrons. The van der Waals surface area contributed by atoms with Gasteiger partial charge in [0.1, 0.15) is 11.3 Å². The van der Waals surface area contributed by atoms with E-state index in [0.717, 1.165) is 0 Å². The highest BCUT2D eigenvalue weighted by molar-refractivity contribution is 6.06. The predicted octanol–water partition coefficient (Wildman–Crippen LogP) is 3.01. The second kappa shape index (κ2) is 5.74. The van der Waals surface area contributed by atoms with Crippen LogP contribution in [0.25, 0.3) is 0 Å². The molecule has 7 heteroatoms. The third-order valence-corrected chi connectivity index (χ3v) is 3.16. The lowest BCUT2D eigenvalue weighted by molar-refractivity contribution is -0.384. The molecule has 0 saturated carbocycles. The summed E-state index contributed by atoms with van der Waals surface area (Å²) in [5, 5.41) is 17.3. The number of nitrogens with one attached hydrogen (secondary N) is 1. The number of aromatic nitrogens is 1. The summed E-state index contributed by atoms with van der Waals surface area (Å²) in [5.41, 5.74) is 2.12. The maximum atomic E-state index is 12.3. The SMILES string of the molecule is CCc1noc(C)c1C(=O)Nc1ccc([N+](=O)[O-])cc1C. The van der Waals surface area contributed by atoms with E-state index < -0.39 is 4.92 Å². The zero-order valence-corrected chi connectivity index (χ0v) is 12.0. The van der Waals surface area contributed by atoms with Gasteiger partial charge in [0.2, 0.25) is 0 Å². The van der Waals surface area contributed by atoms with E-state index in [1.807, 2.05) is 6.92 Å². The number of amides is 1. The number of carbonyl (C=O) groups is 1. The molecule has 2 rings (SSSR count). The number of anilines is 1. The van der Waals surface area contributed by atoms with Gasteiger partial charge < -0.3 is 9.84 Å². The largest absolute Gasteiger partial charge is 0.361 e. The van der Waals surface area contributed by atoms with E-state index in [0.29, 0.717) is 34.7 Å². The molecule has 0 fully saturated rings. The molecule has 0 aliphatic carbocycles. The van der Waals surface area contributed by atoms with Gasteiger partial charge in [-0.3, -0.25) is 14.9 Å². The van der Waals surface area contributed by atoms with Crippen molar-refractivity contribution in [2.24, 2.45) is 0 Å². The van der Waals surface area contributed by atoms with Crippen molar-refractivity contribution in [3.63, 3.8) is 0 Å². The molecule has 1 N–H and O–H groups in total. The predicted molar refractivity (Wildman–Crippen MR) is 76.4 cm³/mol. The number of benzene rings is 1. The molecular weight excluding hydrogens is 274 g/mol. The Hall–Kier alpha value is -2.70. The second-order valence-electron chi connectivity index (χ2n) is 4.62. The van der Waals surface area contributed by atoms with Crippen LogP contribution in [0.5, 0.6) is 0 Å². The Balaban J connectivity index is 2.28. The molecule has 1 aromatic heterocycles. The number of hydrogen-bond donors (Lipinski definition) is 1. The highest BCUT2D eigenvalue weighted by Crippen LogP contribution is 2.23. The minimum Gasteiger partial charge on any atom is -0.361 e. The van der Waals surface area contributed by atoms with Crippen molar-refractivity contribution >= 4 is 17.3 Å². The smallest absolute Gasteiger partial charge is 0.269 e. The van der Waals surface area contributed by atoms with Gasteiger partial charge in [0.25, 0.3) is 11.6 Å². The molecule has 0 aliphatic heterocycles. The molecule has 7 nitrogen and oxygen atoms in total. The summed E-state index contributed by atoms with van der Waals surface area (Å²) in [5.74, 6) is 0.117. The molecule has 1 amide bonds. The first kappa shape index (κ1) is 14.7. The maximum Gasteiger partial charge on any atom is 0.269 e. The molecule has 0 atom stereocenters. The quantitative estimate of drug-likeness (QED) is 0.689. The molecule has 0 unspecified atom stereocenters. The minimum absolute atomic E-state index is 0.0131. The van der Waals surface area contributed by atoms with E-state index in [4.69, 9.17) is 4.52 Å². The Morgan fingerprint density at radius 3 is 2.71 bits per heavy atom. The lowest BCUT2D eigenvalue weighted by Gasteiger charge is -2.08. The number of hydrogen-bond acceptors (Lipinski definition) is 5. The Morgan fingerprint density at radius 1 is 1.43 bits per heavy atom. The van der Waals surface area contributed by atoms with Gasteiger partial charge in [-0.15, -0.1) is 0 Å². The minimum atomic E-state index is -0.474. The molecule has 0 spiro atoms. The maximum absolute atomic E-state index is 12.3. The highest BCUT2D eigenvalue weighted by Gasteiger charge is 2.20. The molecular formula is C14H15N3O4. The standard InChI is InChI=1S/C14H15N3O4/c1-4-11-13(9(3)21-16-11)14(18)15-12-6-5-10(17(19)20)7-8(12)2/h5-7H,4H2,1-3H3,(H,15,18). The Bertz CT molecular complexity index is 706. The van der Waals surface area contributed by atoms with E-state index >= 15 is 0 Å². The van der Waals surface area contributed by atoms with Crippen LogP contribution in [0.3, 0.4) is 0 Å². The molecule has 1 heterocycles. The summed E-state index contributed by atoms with van der Waals surface area (Å²) in [6.07, 6.45) is 0.583. The first-order valence-corrected chi connectivity index (χ1v) is 6.45. The van der Waals surface area contributed by atoms with Gasteiger partial charge in [0, 0.05) is 17.8 Å². The first-order chi connectivity index (χ1) is 9.93. The summed E-state index contributed by atoms with van der Waals surface area (Å²) in [7, 11) is 0. The Morgan fingerprint density at radius 2 is 2.14 bits per heavy atom. The van der Waals surface area contributed by atoms with Crippen LogP contribution in [0.2, 0.25) is 0 Å². The Labute approximate surface area is 121 Å². The van der Waals surface area contributed by atoms with Crippen LogP contribution in [-0.2, 0) is 6.42 Å². The third kappa shape index (κ3) is 2.91. The van der Waals surface area contributed by atoms with Crippen LogP contribution in [0.15, 0.2) is 22.7 Å². The molecule has 110 valence electrons. The number of carbonyl (C=O) groups excluding carboxylic acids is 1. The van der Waals surface area contributed by atoms with Crippen LogP contribution in [0.4, 0.5) is 11.4 Å². The van der Waals surface area contributed by atoms with Crippen molar-refractivity contribution in [1.29, 1.82) is 0 Å². The lowest BCUT2D eigenvalue weighted by atomic mass is 10.1. The Kier molecular flexibility index (Phi) is 4.02. The number of nitrogens with zero attached hydrogens (tertiary/aromatic N) is 2. The fourth-order valence-electron chi connectivity index (χ4n) is 2.04. The van der Waals surface area contributed by atoms with Gasteiger partial charge in [0.05, 0.1) is 10.6 Å². The topological polar surface area (TPSA) is 98.3 Å². The van der Waals surface area contributed by atoms with Gasteiger partial charge in [-0.05, 0) is 31.9 Å². The van der Waals surface area contributed by atoms with Gasteiger partial charge in [-0.25, -0.2) is 0 Å². The number of rotatable bonds is 4. The van der Waals surface area contributed by atoms with E-state index in [9.17, 15) is 14.9 Å². The average Bonchev–Trinajstić information content (AvgIpc) is 2.81. The van der Waals surface area contributed by atoms with Crippen molar-refractivity contribution in [2.75, 3.05) is 5.32 Å². The lowest BCUT2D eigenvalue weighted by Crippen LogP contribution is -2.15. The van der Waals surface area contributed by atoms with Crippen LogP contribution >= 0.6 is 0 Å². The van der Waals surface area contributed by atoms with E-state index in [1.54, 1.807) is 13.8 Å². The van der Waals surface area contributed by atoms with Crippen molar-refractivity contribution in [3.05, 3.63) is 50.9 Å². The van der Waals surface area contributed by atoms with E-state index in [1.165, 1.54) is 18.2 Å². The van der Waals surface area contributed by atoms with Gasteiger partial charge >= 0.3 is 0 Å². The van der Waals surface area contributed by atoms with Crippen molar-refractivity contribution in [3.8, 4) is 0 Å². The summed E-state index contributed by atoms with van der Waals surface area (Å²) >= 11 is 0. The normalized spacial score (nSPS) is 10.4. The number of aryl methyl sites for hydroxylation is 3. The van der Waals surface area contributed by atoms with Crippen LogP contribution in [-0.4, -0.2) is 16.0 Å². The average molecular weight is 289 g/mol. The fraction of sp³-hybridized carbons (Fsp3) is 0.286. The summed E-state index contributed by atoms with van der Waals surface area (Å²) < 4.78 is 5.03. The summed E-state index contributed by atoms with van der Waals surface area (Å²) in [4.78, 5) is 22.5. The summed E-state index contributed by atoms with van der Waals surface area (Å²) in [6, 6.07) is 4.28. The zero-order chi connectivity index (χ0) is 15.6. The van der Waals surface area contributed by atoms with Crippen molar-refractivity contribution in [2.45, 2.75) is 27.2 Å². The van der Waals surface area contributed by atoms with Crippen LogP contribution < -0.4 is 5.32 Å². The number of nitro benzene ring substituents is 1. The van der Waals surface area contributed by atoms with Gasteiger partial charge in [0.15, 0.2) is 0 Å². The summed E-state index contributed by atoms with van der Waals surface area (Å²) in [6.45, 7) is 5.25. The molecule has 0 bridgehead atoms. The first-order valence-electron chi connectivity index (χ1n) is 6.45. The van der Waals surface area contributed by atoms with E-state index in [2.05, 4.69) is 10.5 Å². The molecule has 2 aromatic rings. The third-order valence-electron chi connectivity index (χ3n) is 3.16. The number of non-ortho nitro benzene ring substituents is 1. The molecule has 1 aromatic carbocycles. The monoisotopic (exact) mass is 289 g/mol. The highest BCUT2D eigenvalue weighted by atomic mass is 16.6. The fourth-order valence-corrected chi connectivity index (χ4v) is 2.04. The van der Waals surface area contributed by atoms with Gasteiger partial charge in [-0.1, -0.05) is 12.1 Å². The second-order valence-corrected chi connectivity index (χ2v) is 4.62. The van der Waals surface area contributed by atoms with Gasteiger partial charge in [-0.2, -0.15) is 0 Å². The van der Waals surface area contributed by atoms with E-state index in [-0.39, 0.29) is 11.6 Å². The van der Waals surface area contributed by atoms with Crippen LogP contribution in [0, 0.1) is 24.0 Å². The van der Waals surface area contributed by atoms with Crippen molar-refractivity contribution in [1.82, 2.24) is 5.16 Å².